The summed E-state index contributed by atoms with van der Waals surface area (Å²) in [4.78, 5) is 19.9. The molecule has 4 rings (SSSR count). The van der Waals surface area contributed by atoms with Gasteiger partial charge in [-0.15, -0.1) is 0 Å². The number of carbonyl (C=O) groups is 1. The van der Waals surface area contributed by atoms with Crippen molar-refractivity contribution in [2.24, 2.45) is 11.8 Å². The summed E-state index contributed by atoms with van der Waals surface area (Å²) in [5, 5.41) is 1.95. The average molecular weight is 338 g/mol. The van der Waals surface area contributed by atoms with Crippen LogP contribution in [0.25, 0.3) is 10.8 Å². The molecule has 2 heterocycles. The first-order valence-corrected chi connectivity index (χ1v) is 9.44. The molecule has 0 unspecified atom stereocenters. The van der Waals surface area contributed by atoms with Gasteiger partial charge in [-0.2, -0.15) is 0 Å². The summed E-state index contributed by atoms with van der Waals surface area (Å²) in [6.07, 6.45) is 6.01. The van der Waals surface area contributed by atoms with Crippen molar-refractivity contribution in [3.8, 4) is 5.88 Å². The largest absolute Gasteiger partial charge is 0.481 e. The van der Waals surface area contributed by atoms with Crippen LogP contribution < -0.4 is 4.74 Å². The van der Waals surface area contributed by atoms with Gasteiger partial charge in [0.15, 0.2) is 0 Å². The predicted molar refractivity (Wildman–Crippen MR) is 98.9 cm³/mol. The Bertz CT molecular complexity index is 789. The lowest BCUT2D eigenvalue weighted by atomic mass is 9.72. The number of aromatic nitrogens is 1. The molecule has 4 heteroatoms. The van der Waals surface area contributed by atoms with E-state index in [2.05, 4.69) is 16.8 Å². The number of benzene rings is 1. The standard InChI is InChI=1S/C21H26N2O2/c1-14-11-12-23(19-10-6-5-8-16(14)19)21(24)18-13-15-7-3-4-9-17(15)20(22-18)25-2/h3-4,7,9,13-14,16,19H,5-6,8,10-12H2,1-2H3/t14-,16+,19-/m0/s1. The molecule has 0 N–H and O–H groups in total. The van der Waals surface area contributed by atoms with Crippen LogP contribution in [0, 0.1) is 11.8 Å². The van der Waals surface area contributed by atoms with E-state index in [-0.39, 0.29) is 5.91 Å². The lowest BCUT2D eigenvalue weighted by Gasteiger charge is -2.47. The van der Waals surface area contributed by atoms with Gasteiger partial charge in [-0.05, 0) is 48.6 Å². The maximum Gasteiger partial charge on any atom is 0.272 e. The SMILES string of the molecule is COc1nc(C(=O)N2CC[C@H](C)[C@H]3CCCC[C@@H]32)cc2ccccc12. The zero-order valence-electron chi connectivity index (χ0n) is 15.1. The van der Waals surface area contributed by atoms with Crippen LogP contribution in [0.2, 0.25) is 0 Å². The monoisotopic (exact) mass is 338 g/mol. The van der Waals surface area contributed by atoms with Gasteiger partial charge >= 0.3 is 0 Å². The third-order valence-corrected chi connectivity index (χ3v) is 6.12. The highest BCUT2D eigenvalue weighted by atomic mass is 16.5. The fourth-order valence-electron chi connectivity index (χ4n) is 4.74. The van der Waals surface area contributed by atoms with Crippen molar-refractivity contribution in [1.82, 2.24) is 9.88 Å². The first-order valence-electron chi connectivity index (χ1n) is 9.44. The molecule has 2 fully saturated rings. The number of fused-ring (bicyclic) bond motifs is 2. The average Bonchev–Trinajstić information content (AvgIpc) is 2.67. The Hall–Kier alpha value is -2.10. The summed E-state index contributed by atoms with van der Waals surface area (Å²) < 4.78 is 5.45. The molecule has 0 spiro atoms. The molecule has 1 saturated carbocycles. The maximum atomic E-state index is 13.3. The summed E-state index contributed by atoms with van der Waals surface area (Å²) in [5.41, 5.74) is 0.509. The van der Waals surface area contributed by atoms with Gasteiger partial charge in [-0.1, -0.05) is 38.0 Å². The van der Waals surface area contributed by atoms with Gasteiger partial charge in [-0.25, -0.2) is 4.98 Å². The summed E-state index contributed by atoms with van der Waals surface area (Å²) in [7, 11) is 1.61. The smallest absolute Gasteiger partial charge is 0.272 e. The maximum absolute atomic E-state index is 13.3. The Balaban J connectivity index is 1.69. The molecule has 2 aromatic rings. The number of piperidine rings is 1. The van der Waals surface area contributed by atoms with E-state index in [0.717, 1.165) is 30.2 Å². The number of carbonyl (C=O) groups excluding carboxylic acids is 1. The molecule has 4 nitrogen and oxygen atoms in total. The van der Waals surface area contributed by atoms with Crippen LogP contribution >= 0.6 is 0 Å². The van der Waals surface area contributed by atoms with Crippen LogP contribution in [0.5, 0.6) is 5.88 Å². The molecule has 2 aliphatic rings. The van der Waals surface area contributed by atoms with Crippen molar-refractivity contribution in [3.05, 3.63) is 36.0 Å². The second-order valence-electron chi connectivity index (χ2n) is 7.52. The summed E-state index contributed by atoms with van der Waals surface area (Å²) >= 11 is 0. The number of methoxy groups -OCH3 is 1. The van der Waals surface area contributed by atoms with Crippen LogP contribution in [0.15, 0.2) is 30.3 Å². The van der Waals surface area contributed by atoms with Gasteiger partial charge in [0.1, 0.15) is 5.69 Å². The highest BCUT2D eigenvalue weighted by Crippen LogP contribution is 2.39. The molecule has 0 bridgehead atoms. The Labute approximate surface area is 149 Å². The van der Waals surface area contributed by atoms with Crippen molar-refractivity contribution >= 4 is 16.7 Å². The van der Waals surface area contributed by atoms with Gasteiger partial charge in [0, 0.05) is 18.0 Å². The predicted octanol–water partition coefficient (Wildman–Crippen LogP) is 4.28. The fraction of sp³-hybridized carbons (Fsp3) is 0.524. The van der Waals surface area contributed by atoms with Gasteiger partial charge in [-0.3, -0.25) is 4.79 Å². The minimum absolute atomic E-state index is 0.0628. The first-order chi connectivity index (χ1) is 12.2. The molecular formula is C21H26N2O2. The van der Waals surface area contributed by atoms with E-state index in [1.54, 1.807) is 7.11 Å². The number of pyridine rings is 1. The number of likely N-dealkylation sites (tertiary alicyclic amines) is 1. The third kappa shape index (κ3) is 2.88. The Morgan fingerprint density at radius 2 is 2.00 bits per heavy atom. The van der Waals surface area contributed by atoms with Crippen LogP contribution in [0.3, 0.4) is 0 Å². The normalized spacial score (nSPS) is 26.3. The number of amides is 1. The van der Waals surface area contributed by atoms with E-state index < -0.39 is 0 Å². The van der Waals surface area contributed by atoms with E-state index in [4.69, 9.17) is 4.74 Å². The van der Waals surface area contributed by atoms with Crippen molar-refractivity contribution in [2.75, 3.05) is 13.7 Å². The molecule has 132 valence electrons. The van der Waals surface area contributed by atoms with Crippen LogP contribution in [-0.4, -0.2) is 35.5 Å². The Morgan fingerprint density at radius 3 is 2.84 bits per heavy atom. The van der Waals surface area contributed by atoms with Crippen LogP contribution in [0.1, 0.15) is 49.5 Å². The van der Waals surface area contributed by atoms with Gasteiger partial charge < -0.3 is 9.64 Å². The topological polar surface area (TPSA) is 42.4 Å². The van der Waals surface area contributed by atoms with Crippen molar-refractivity contribution < 1.29 is 9.53 Å². The minimum atomic E-state index is 0.0628. The van der Waals surface area contributed by atoms with Gasteiger partial charge in [0.25, 0.3) is 5.91 Å². The number of nitrogens with zero attached hydrogens (tertiary/aromatic N) is 2. The molecule has 1 aliphatic carbocycles. The Morgan fingerprint density at radius 1 is 1.20 bits per heavy atom. The lowest BCUT2D eigenvalue weighted by molar-refractivity contribution is 0.0213. The number of rotatable bonds is 2. The van der Waals surface area contributed by atoms with Crippen LogP contribution in [0.4, 0.5) is 0 Å². The fourth-order valence-corrected chi connectivity index (χ4v) is 4.74. The molecule has 1 aliphatic heterocycles. The van der Waals surface area contributed by atoms with Gasteiger partial charge in [0.2, 0.25) is 5.88 Å². The quantitative estimate of drug-likeness (QED) is 0.820. The number of ether oxygens (including phenoxy) is 1. The van der Waals surface area contributed by atoms with E-state index in [0.29, 0.717) is 29.5 Å². The Kier molecular flexibility index (Phi) is 4.36. The molecule has 0 radical (unpaired) electrons. The van der Waals surface area contributed by atoms with Crippen molar-refractivity contribution in [3.63, 3.8) is 0 Å². The molecule has 1 amide bonds. The highest BCUT2D eigenvalue weighted by Gasteiger charge is 2.40. The van der Waals surface area contributed by atoms with E-state index in [1.165, 1.54) is 19.3 Å². The molecule has 3 atom stereocenters. The first kappa shape index (κ1) is 16.4. The highest BCUT2D eigenvalue weighted by molar-refractivity contribution is 5.98. The van der Waals surface area contributed by atoms with E-state index in [1.807, 2.05) is 30.3 Å². The number of hydrogen-bond acceptors (Lipinski definition) is 3. The zero-order chi connectivity index (χ0) is 17.4. The zero-order valence-corrected chi connectivity index (χ0v) is 15.1. The summed E-state index contributed by atoms with van der Waals surface area (Å²) in [6.45, 7) is 3.19. The van der Waals surface area contributed by atoms with Crippen LogP contribution in [-0.2, 0) is 0 Å². The summed E-state index contributed by atoms with van der Waals surface area (Å²) in [5.74, 6) is 1.96. The molecule has 1 saturated heterocycles. The lowest BCUT2D eigenvalue weighted by Crippen LogP contribution is -2.52. The molecule has 1 aromatic carbocycles. The minimum Gasteiger partial charge on any atom is -0.481 e. The second-order valence-corrected chi connectivity index (χ2v) is 7.52. The molecular weight excluding hydrogens is 312 g/mol. The molecule has 1 aromatic heterocycles. The second kappa shape index (κ2) is 6.66. The van der Waals surface area contributed by atoms with Crippen molar-refractivity contribution in [2.45, 2.75) is 45.1 Å². The van der Waals surface area contributed by atoms with E-state index >= 15 is 0 Å². The van der Waals surface area contributed by atoms with Gasteiger partial charge in [0.05, 0.1) is 7.11 Å². The van der Waals surface area contributed by atoms with E-state index in [9.17, 15) is 4.79 Å². The molecule has 25 heavy (non-hydrogen) atoms. The summed E-state index contributed by atoms with van der Waals surface area (Å²) in [6, 6.07) is 10.2. The third-order valence-electron chi connectivity index (χ3n) is 6.12. The van der Waals surface area contributed by atoms with Crippen molar-refractivity contribution in [1.29, 1.82) is 0 Å². The number of hydrogen-bond donors (Lipinski definition) is 0.